The van der Waals surface area contributed by atoms with Crippen molar-refractivity contribution in [2.24, 2.45) is 5.73 Å². The third kappa shape index (κ3) is 3.87. The predicted molar refractivity (Wildman–Crippen MR) is 109 cm³/mol. The molecule has 1 fully saturated rings. The Balaban J connectivity index is 1.44. The van der Waals surface area contributed by atoms with Crippen LogP contribution in [0.4, 0.5) is 5.82 Å². The van der Waals surface area contributed by atoms with Crippen molar-refractivity contribution < 1.29 is 4.79 Å². The van der Waals surface area contributed by atoms with Crippen molar-refractivity contribution in [3.63, 3.8) is 0 Å². The molecule has 0 aliphatic carbocycles. The first-order chi connectivity index (χ1) is 13.6. The minimum absolute atomic E-state index is 0.0205. The zero-order chi connectivity index (χ0) is 19.4. The van der Waals surface area contributed by atoms with Crippen LogP contribution >= 0.6 is 0 Å². The number of nitrogens with zero attached hydrogens (tertiary/aromatic N) is 3. The first-order valence-corrected chi connectivity index (χ1v) is 9.37. The van der Waals surface area contributed by atoms with Crippen LogP contribution in [0.2, 0.25) is 0 Å². The number of carbonyl (C=O) groups excluding carboxylic acids is 1. The summed E-state index contributed by atoms with van der Waals surface area (Å²) in [5.74, 6) is 0.772. The number of amides is 1. The molecule has 0 radical (unpaired) electrons. The van der Waals surface area contributed by atoms with Crippen molar-refractivity contribution in [3.05, 3.63) is 89.9 Å². The van der Waals surface area contributed by atoms with Crippen molar-refractivity contribution >= 4 is 11.7 Å². The molecule has 28 heavy (non-hydrogen) atoms. The lowest BCUT2D eigenvalue weighted by Crippen LogP contribution is -2.41. The lowest BCUT2D eigenvalue weighted by molar-refractivity contribution is 0.0783. The van der Waals surface area contributed by atoms with Gasteiger partial charge < -0.3 is 16.0 Å². The van der Waals surface area contributed by atoms with Crippen LogP contribution in [0.15, 0.2) is 73.2 Å². The SMILES string of the molecule is NC1(c2ccccc2)CCN(C(=O)c2cccc(CNc3ccncn3)c2)C1. The third-order valence-corrected chi connectivity index (χ3v) is 5.17. The summed E-state index contributed by atoms with van der Waals surface area (Å²) in [6.07, 6.45) is 3.95. The van der Waals surface area contributed by atoms with Gasteiger partial charge in [0.15, 0.2) is 0 Å². The van der Waals surface area contributed by atoms with E-state index in [1.165, 1.54) is 6.33 Å². The van der Waals surface area contributed by atoms with Crippen molar-refractivity contribution in [2.75, 3.05) is 18.4 Å². The van der Waals surface area contributed by atoms with Crippen LogP contribution < -0.4 is 11.1 Å². The Hall–Kier alpha value is -3.25. The molecule has 0 saturated carbocycles. The highest BCUT2D eigenvalue weighted by Crippen LogP contribution is 2.30. The van der Waals surface area contributed by atoms with Gasteiger partial charge >= 0.3 is 0 Å². The van der Waals surface area contributed by atoms with E-state index in [-0.39, 0.29) is 5.91 Å². The van der Waals surface area contributed by atoms with E-state index < -0.39 is 5.54 Å². The van der Waals surface area contributed by atoms with Crippen LogP contribution in [-0.2, 0) is 12.1 Å². The number of nitrogens with two attached hydrogens (primary N) is 1. The van der Waals surface area contributed by atoms with E-state index in [1.807, 2.05) is 65.6 Å². The smallest absolute Gasteiger partial charge is 0.253 e. The molecule has 1 unspecified atom stereocenters. The molecule has 4 rings (SSSR count). The first-order valence-electron chi connectivity index (χ1n) is 9.37. The average Bonchev–Trinajstić information content (AvgIpc) is 3.17. The highest BCUT2D eigenvalue weighted by Gasteiger charge is 2.38. The van der Waals surface area contributed by atoms with E-state index >= 15 is 0 Å². The normalized spacial score (nSPS) is 18.8. The quantitative estimate of drug-likeness (QED) is 0.718. The predicted octanol–water partition coefficient (Wildman–Crippen LogP) is 2.79. The number of likely N-dealkylation sites (tertiary alicyclic amines) is 1. The fourth-order valence-corrected chi connectivity index (χ4v) is 3.60. The number of rotatable bonds is 5. The summed E-state index contributed by atoms with van der Waals surface area (Å²) in [6, 6.07) is 19.5. The van der Waals surface area contributed by atoms with Crippen LogP contribution in [0, 0.1) is 0 Å². The van der Waals surface area contributed by atoms with Gasteiger partial charge in [0.2, 0.25) is 0 Å². The molecule has 1 saturated heterocycles. The molecule has 1 aliphatic heterocycles. The standard InChI is InChI=1S/C22H23N5O/c23-22(19-7-2-1-3-8-19)10-12-27(15-22)21(28)18-6-4-5-17(13-18)14-25-20-9-11-24-16-26-20/h1-9,11,13,16H,10,12,14-15,23H2,(H,24,25,26). The van der Waals surface area contributed by atoms with Crippen LogP contribution in [-0.4, -0.2) is 33.9 Å². The summed E-state index contributed by atoms with van der Waals surface area (Å²) in [4.78, 5) is 22.9. The number of aromatic nitrogens is 2. The Morgan fingerprint density at radius 2 is 2.00 bits per heavy atom. The molecular weight excluding hydrogens is 350 g/mol. The third-order valence-electron chi connectivity index (χ3n) is 5.17. The molecule has 2 aromatic carbocycles. The molecule has 0 spiro atoms. The summed E-state index contributed by atoms with van der Waals surface area (Å²) in [7, 11) is 0. The second-order valence-electron chi connectivity index (χ2n) is 7.15. The van der Waals surface area contributed by atoms with E-state index in [4.69, 9.17) is 5.73 Å². The summed E-state index contributed by atoms with van der Waals surface area (Å²) >= 11 is 0. The highest BCUT2D eigenvalue weighted by molar-refractivity contribution is 5.94. The fourth-order valence-electron chi connectivity index (χ4n) is 3.60. The molecule has 1 atom stereocenters. The minimum atomic E-state index is -0.483. The molecule has 2 heterocycles. The maximum absolute atomic E-state index is 13.0. The van der Waals surface area contributed by atoms with Crippen molar-refractivity contribution in [1.82, 2.24) is 14.9 Å². The lowest BCUT2D eigenvalue weighted by Gasteiger charge is -2.25. The fraction of sp³-hybridized carbons (Fsp3) is 0.227. The molecule has 0 bridgehead atoms. The van der Waals surface area contributed by atoms with Crippen LogP contribution in [0.25, 0.3) is 0 Å². The van der Waals surface area contributed by atoms with Gasteiger partial charge in [-0.25, -0.2) is 9.97 Å². The number of hydrogen-bond donors (Lipinski definition) is 2. The molecule has 142 valence electrons. The van der Waals surface area contributed by atoms with Crippen LogP contribution in [0.3, 0.4) is 0 Å². The molecule has 3 aromatic rings. The van der Waals surface area contributed by atoms with E-state index in [1.54, 1.807) is 6.20 Å². The van der Waals surface area contributed by atoms with Crippen molar-refractivity contribution in [3.8, 4) is 0 Å². The molecule has 6 nitrogen and oxygen atoms in total. The number of carbonyl (C=O) groups is 1. The Morgan fingerprint density at radius 3 is 2.79 bits per heavy atom. The first kappa shape index (κ1) is 18.1. The zero-order valence-corrected chi connectivity index (χ0v) is 15.6. The van der Waals surface area contributed by atoms with Gasteiger partial charge in [0.05, 0.1) is 5.54 Å². The van der Waals surface area contributed by atoms with Gasteiger partial charge in [-0.3, -0.25) is 4.79 Å². The Bertz CT molecular complexity index is 947. The van der Waals surface area contributed by atoms with E-state index in [2.05, 4.69) is 15.3 Å². The van der Waals surface area contributed by atoms with Gasteiger partial charge in [0, 0.05) is 31.4 Å². The molecule has 1 aromatic heterocycles. The Kier molecular flexibility index (Phi) is 5.04. The topological polar surface area (TPSA) is 84.1 Å². The largest absolute Gasteiger partial charge is 0.366 e. The second kappa shape index (κ2) is 7.78. The van der Waals surface area contributed by atoms with Crippen LogP contribution in [0.5, 0.6) is 0 Å². The molecule has 1 amide bonds. The summed E-state index contributed by atoms with van der Waals surface area (Å²) in [6.45, 7) is 1.77. The monoisotopic (exact) mass is 373 g/mol. The van der Waals surface area contributed by atoms with Crippen molar-refractivity contribution in [1.29, 1.82) is 0 Å². The molecule has 3 N–H and O–H groups in total. The number of benzene rings is 2. The van der Waals surface area contributed by atoms with Gasteiger partial charge in [0.1, 0.15) is 12.1 Å². The number of hydrogen-bond acceptors (Lipinski definition) is 5. The Morgan fingerprint density at radius 1 is 1.14 bits per heavy atom. The summed E-state index contributed by atoms with van der Waals surface area (Å²) in [5, 5.41) is 3.24. The average molecular weight is 373 g/mol. The maximum Gasteiger partial charge on any atom is 0.253 e. The van der Waals surface area contributed by atoms with Crippen LogP contribution in [0.1, 0.15) is 27.9 Å². The van der Waals surface area contributed by atoms with Crippen molar-refractivity contribution in [2.45, 2.75) is 18.5 Å². The van der Waals surface area contributed by atoms with Gasteiger partial charge in [-0.05, 0) is 35.7 Å². The highest BCUT2D eigenvalue weighted by atomic mass is 16.2. The minimum Gasteiger partial charge on any atom is -0.366 e. The van der Waals surface area contributed by atoms with Gasteiger partial charge in [-0.15, -0.1) is 0 Å². The van der Waals surface area contributed by atoms with Gasteiger partial charge in [-0.1, -0.05) is 42.5 Å². The van der Waals surface area contributed by atoms with E-state index in [0.29, 0.717) is 25.2 Å². The zero-order valence-electron chi connectivity index (χ0n) is 15.6. The van der Waals surface area contributed by atoms with Gasteiger partial charge in [0.25, 0.3) is 5.91 Å². The second-order valence-corrected chi connectivity index (χ2v) is 7.15. The van der Waals surface area contributed by atoms with E-state index in [0.717, 1.165) is 23.4 Å². The Labute approximate surface area is 164 Å². The van der Waals surface area contributed by atoms with E-state index in [9.17, 15) is 4.79 Å². The molecule has 1 aliphatic rings. The molecular formula is C22H23N5O. The maximum atomic E-state index is 13.0. The van der Waals surface area contributed by atoms with Gasteiger partial charge in [-0.2, -0.15) is 0 Å². The summed E-state index contributed by atoms with van der Waals surface area (Å²) in [5.41, 5.74) is 8.91. The number of nitrogens with one attached hydrogen (secondary N) is 1. The lowest BCUT2D eigenvalue weighted by atomic mass is 9.90. The number of anilines is 1. The summed E-state index contributed by atoms with van der Waals surface area (Å²) < 4.78 is 0. The molecule has 6 heteroatoms.